The maximum atomic E-state index is 12.6. The summed E-state index contributed by atoms with van der Waals surface area (Å²) in [4.78, 5) is 34.1. The van der Waals surface area contributed by atoms with Crippen LogP contribution in [-0.4, -0.2) is 82.6 Å². The number of aryl methyl sites for hydroxylation is 1. The van der Waals surface area contributed by atoms with E-state index < -0.39 is 5.60 Å². The topological polar surface area (TPSA) is 77.0 Å². The summed E-state index contributed by atoms with van der Waals surface area (Å²) < 4.78 is 0. The number of carbonyl (C=O) groups excluding carboxylic acids is 2. The van der Waals surface area contributed by atoms with Crippen LogP contribution in [0.4, 0.5) is 4.79 Å². The molecule has 2 saturated heterocycles. The predicted molar refractivity (Wildman–Crippen MR) is 97.5 cm³/mol. The van der Waals surface area contributed by atoms with Gasteiger partial charge < -0.3 is 19.8 Å². The summed E-state index contributed by atoms with van der Waals surface area (Å²) in [7, 11) is 3.47. The first-order chi connectivity index (χ1) is 12.4. The number of aromatic nitrogens is 1. The van der Waals surface area contributed by atoms with Crippen LogP contribution < -0.4 is 0 Å². The molecule has 0 spiro atoms. The van der Waals surface area contributed by atoms with E-state index in [1.54, 1.807) is 36.3 Å². The first kappa shape index (κ1) is 18.6. The van der Waals surface area contributed by atoms with Crippen molar-refractivity contribution in [2.75, 3.05) is 40.3 Å². The molecule has 2 aliphatic rings. The lowest BCUT2D eigenvalue weighted by Crippen LogP contribution is -2.62. The van der Waals surface area contributed by atoms with Gasteiger partial charge in [0, 0.05) is 65.0 Å². The van der Waals surface area contributed by atoms with E-state index in [1.165, 1.54) is 0 Å². The van der Waals surface area contributed by atoms with Crippen LogP contribution in [0.5, 0.6) is 0 Å². The second kappa shape index (κ2) is 7.61. The summed E-state index contributed by atoms with van der Waals surface area (Å²) in [6, 6.07) is 3.81. The fourth-order valence-corrected chi connectivity index (χ4v) is 3.94. The predicted octanol–water partition coefficient (Wildman–Crippen LogP) is 0.981. The number of pyridine rings is 1. The minimum atomic E-state index is -0.761. The van der Waals surface area contributed by atoms with Crippen molar-refractivity contribution < 1.29 is 14.7 Å². The number of amides is 3. The van der Waals surface area contributed by atoms with E-state index in [0.717, 1.165) is 5.56 Å². The molecule has 2 aliphatic heterocycles. The average Bonchev–Trinajstić information content (AvgIpc) is 2.65. The summed E-state index contributed by atoms with van der Waals surface area (Å²) >= 11 is 0. The van der Waals surface area contributed by atoms with Crippen LogP contribution >= 0.6 is 0 Å². The van der Waals surface area contributed by atoms with Crippen LogP contribution in [0.25, 0.3) is 0 Å². The number of hydrogen-bond donors (Lipinski definition) is 1. The quantitative estimate of drug-likeness (QED) is 0.872. The Morgan fingerprint density at radius 2 is 1.96 bits per heavy atom. The van der Waals surface area contributed by atoms with Gasteiger partial charge in [0.05, 0.1) is 5.60 Å². The van der Waals surface area contributed by atoms with Crippen molar-refractivity contribution in [2.45, 2.75) is 31.3 Å². The molecule has 7 heteroatoms. The standard InChI is InChI=1S/C19H28N4O3/c1-21(2)18(25)23-11-8-19(26)7-10-22(13-16(19)14-23)17(24)6-5-15-4-3-9-20-12-15/h3-4,9,12,16,26H,5-8,10-11,13-14H2,1-2H3/t16-,19-/m1/s1. The molecule has 142 valence electrons. The van der Waals surface area contributed by atoms with Gasteiger partial charge in [-0.1, -0.05) is 6.07 Å². The number of nitrogens with zero attached hydrogens (tertiary/aromatic N) is 4. The third-order valence-electron chi connectivity index (χ3n) is 5.63. The van der Waals surface area contributed by atoms with E-state index in [-0.39, 0.29) is 17.9 Å². The number of rotatable bonds is 3. The van der Waals surface area contributed by atoms with Crippen LogP contribution in [-0.2, 0) is 11.2 Å². The summed E-state index contributed by atoms with van der Waals surface area (Å²) in [6.07, 6.45) is 5.78. The molecule has 0 unspecified atom stereocenters. The zero-order valence-electron chi connectivity index (χ0n) is 15.6. The van der Waals surface area contributed by atoms with E-state index in [1.807, 2.05) is 17.0 Å². The lowest BCUT2D eigenvalue weighted by molar-refractivity contribution is -0.145. The average molecular weight is 360 g/mol. The fraction of sp³-hybridized carbons (Fsp3) is 0.632. The molecular weight excluding hydrogens is 332 g/mol. The van der Waals surface area contributed by atoms with Crippen molar-refractivity contribution in [1.29, 1.82) is 0 Å². The molecule has 1 aromatic rings. The minimum absolute atomic E-state index is 0.0351. The molecule has 26 heavy (non-hydrogen) atoms. The molecule has 2 fully saturated rings. The Bertz CT molecular complexity index is 651. The zero-order chi connectivity index (χ0) is 18.7. The largest absolute Gasteiger partial charge is 0.389 e. The van der Waals surface area contributed by atoms with Gasteiger partial charge >= 0.3 is 6.03 Å². The van der Waals surface area contributed by atoms with Crippen LogP contribution in [0.15, 0.2) is 24.5 Å². The summed E-state index contributed by atoms with van der Waals surface area (Å²) in [6.45, 7) is 2.17. The number of aliphatic hydroxyl groups is 1. The van der Waals surface area contributed by atoms with Crippen molar-refractivity contribution in [3.63, 3.8) is 0 Å². The highest BCUT2D eigenvalue weighted by molar-refractivity contribution is 5.77. The SMILES string of the molecule is CN(C)C(=O)N1CC[C@]2(O)CCN(C(=O)CCc3cccnc3)C[C@@H]2C1. The van der Waals surface area contributed by atoms with E-state index in [9.17, 15) is 14.7 Å². The number of likely N-dealkylation sites (tertiary alicyclic amines) is 2. The van der Waals surface area contributed by atoms with E-state index >= 15 is 0 Å². The number of urea groups is 1. The molecule has 3 amide bonds. The first-order valence-electron chi connectivity index (χ1n) is 9.24. The highest BCUT2D eigenvalue weighted by Crippen LogP contribution is 2.35. The Hall–Kier alpha value is -2.15. The third kappa shape index (κ3) is 3.98. The molecule has 0 aromatic carbocycles. The van der Waals surface area contributed by atoms with E-state index in [0.29, 0.717) is 51.9 Å². The van der Waals surface area contributed by atoms with Gasteiger partial charge in [-0.25, -0.2) is 4.79 Å². The maximum Gasteiger partial charge on any atom is 0.319 e. The van der Waals surface area contributed by atoms with Crippen molar-refractivity contribution in [1.82, 2.24) is 19.7 Å². The molecule has 1 N–H and O–H groups in total. The third-order valence-corrected chi connectivity index (χ3v) is 5.63. The van der Waals surface area contributed by atoms with Gasteiger partial charge in [-0.15, -0.1) is 0 Å². The van der Waals surface area contributed by atoms with Crippen LogP contribution in [0.3, 0.4) is 0 Å². The van der Waals surface area contributed by atoms with Crippen LogP contribution in [0.2, 0.25) is 0 Å². The second-order valence-electron chi connectivity index (χ2n) is 7.62. The normalized spacial score (nSPS) is 25.6. The lowest BCUT2D eigenvalue weighted by atomic mass is 9.75. The molecule has 0 bridgehead atoms. The highest BCUT2D eigenvalue weighted by atomic mass is 16.3. The van der Waals surface area contributed by atoms with Gasteiger partial charge in [-0.05, 0) is 30.9 Å². The van der Waals surface area contributed by atoms with Gasteiger partial charge in [0.1, 0.15) is 0 Å². The lowest BCUT2D eigenvalue weighted by Gasteiger charge is -2.50. The van der Waals surface area contributed by atoms with Gasteiger partial charge in [-0.3, -0.25) is 9.78 Å². The summed E-state index contributed by atoms with van der Waals surface area (Å²) in [5.74, 6) is 0.0169. The Labute approximate surface area is 154 Å². The summed E-state index contributed by atoms with van der Waals surface area (Å²) in [5.41, 5.74) is 0.290. The van der Waals surface area contributed by atoms with Crippen LogP contribution in [0, 0.1) is 5.92 Å². The molecule has 3 heterocycles. The number of piperidine rings is 2. The Morgan fingerprint density at radius 1 is 1.27 bits per heavy atom. The monoisotopic (exact) mass is 360 g/mol. The number of carbonyl (C=O) groups is 2. The molecule has 7 nitrogen and oxygen atoms in total. The minimum Gasteiger partial charge on any atom is -0.389 e. The fourth-order valence-electron chi connectivity index (χ4n) is 3.94. The number of fused-ring (bicyclic) bond motifs is 1. The first-order valence-corrected chi connectivity index (χ1v) is 9.24. The van der Waals surface area contributed by atoms with E-state index in [2.05, 4.69) is 4.98 Å². The van der Waals surface area contributed by atoms with Gasteiger partial charge in [0.25, 0.3) is 0 Å². The van der Waals surface area contributed by atoms with Crippen molar-refractivity contribution >= 4 is 11.9 Å². The number of hydrogen-bond acceptors (Lipinski definition) is 4. The Balaban J connectivity index is 1.58. The zero-order valence-corrected chi connectivity index (χ0v) is 15.6. The van der Waals surface area contributed by atoms with Gasteiger partial charge in [-0.2, -0.15) is 0 Å². The molecule has 3 rings (SSSR count). The van der Waals surface area contributed by atoms with Crippen molar-refractivity contribution in [2.24, 2.45) is 5.92 Å². The maximum absolute atomic E-state index is 12.6. The van der Waals surface area contributed by atoms with Crippen molar-refractivity contribution in [3.05, 3.63) is 30.1 Å². The highest BCUT2D eigenvalue weighted by Gasteiger charge is 2.46. The molecular formula is C19H28N4O3. The molecule has 0 aliphatic carbocycles. The molecule has 2 atom stereocenters. The van der Waals surface area contributed by atoms with Crippen LogP contribution in [0.1, 0.15) is 24.8 Å². The Kier molecular flexibility index (Phi) is 5.46. The van der Waals surface area contributed by atoms with E-state index in [4.69, 9.17) is 0 Å². The second-order valence-corrected chi connectivity index (χ2v) is 7.62. The smallest absolute Gasteiger partial charge is 0.319 e. The summed E-state index contributed by atoms with van der Waals surface area (Å²) in [5, 5.41) is 10.9. The van der Waals surface area contributed by atoms with Gasteiger partial charge in [0.15, 0.2) is 0 Å². The Morgan fingerprint density at radius 3 is 2.62 bits per heavy atom. The molecule has 0 saturated carbocycles. The molecule has 1 aromatic heterocycles. The molecule has 0 radical (unpaired) electrons. The van der Waals surface area contributed by atoms with Crippen molar-refractivity contribution in [3.8, 4) is 0 Å². The van der Waals surface area contributed by atoms with Gasteiger partial charge in [0.2, 0.25) is 5.91 Å².